The Morgan fingerprint density at radius 1 is 0.800 bits per heavy atom. The van der Waals surface area contributed by atoms with Gasteiger partial charge < -0.3 is 20.7 Å². The molecule has 7 nitrogen and oxygen atoms in total. The van der Waals surface area contributed by atoms with Crippen LogP contribution in [-0.4, -0.2) is 30.6 Å². The minimum absolute atomic E-state index is 0.0783. The van der Waals surface area contributed by atoms with E-state index in [2.05, 4.69) is 16.0 Å². The minimum Gasteiger partial charge on any atom is -0.497 e. The smallest absolute Gasteiger partial charge is 0.272 e. The Kier molecular flexibility index (Phi) is 9.74. The van der Waals surface area contributed by atoms with Gasteiger partial charge in [-0.1, -0.05) is 48.5 Å². The molecule has 3 N–H and O–H groups in total. The SMILES string of the molecule is COc1ccc(/C=C(/NC(=O)c2ccccc2)C(=O)Nc2cccc(SCC(=O)Nc3cccc(C)c3)c2)cc1. The molecule has 0 bridgehead atoms. The van der Waals surface area contributed by atoms with Crippen LogP contribution >= 0.6 is 11.8 Å². The molecule has 0 atom stereocenters. The molecule has 202 valence electrons. The van der Waals surface area contributed by atoms with Crippen LogP contribution in [0.3, 0.4) is 0 Å². The van der Waals surface area contributed by atoms with Crippen LogP contribution in [0.1, 0.15) is 21.5 Å². The van der Waals surface area contributed by atoms with Gasteiger partial charge in [0.1, 0.15) is 11.4 Å². The van der Waals surface area contributed by atoms with Crippen molar-refractivity contribution in [2.75, 3.05) is 23.5 Å². The van der Waals surface area contributed by atoms with Gasteiger partial charge in [0.15, 0.2) is 0 Å². The summed E-state index contributed by atoms with van der Waals surface area (Å²) in [5.41, 5.74) is 3.56. The van der Waals surface area contributed by atoms with Crippen LogP contribution < -0.4 is 20.7 Å². The Hall–Kier alpha value is -4.82. The topological polar surface area (TPSA) is 96.5 Å². The number of methoxy groups -OCH3 is 1. The summed E-state index contributed by atoms with van der Waals surface area (Å²) < 4.78 is 5.21. The van der Waals surface area contributed by atoms with Crippen LogP contribution in [0.15, 0.2) is 114 Å². The fourth-order valence-electron chi connectivity index (χ4n) is 3.74. The van der Waals surface area contributed by atoms with Crippen LogP contribution in [0, 0.1) is 6.92 Å². The summed E-state index contributed by atoms with van der Waals surface area (Å²) in [4.78, 5) is 39.4. The first-order chi connectivity index (χ1) is 19.4. The lowest BCUT2D eigenvalue weighted by Crippen LogP contribution is -2.30. The highest BCUT2D eigenvalue weighted by Gasteiger charge is 2.15. The third-order valence-corrected chi connectivity index (χ3v) is 6.71. The number of rotatable bonds is 10. The predicted molar refractivity (Wildman–Crippen MR) is 160 cm³/mol. The Balaban J connectivity index is 1.45. The molecule has 0 aliphatic heterocycles. The van der Waals surface area contributed by atoms with Crippen molar-refractivity contribution in [3.63, 3.8) is 0 Å². The van der Waals surface area contributed by atoms with Crippen LogP contribution in [0.4, 0.5) is 11.4 Å². The minimum atomic E-state index is -0.487. The molecular formula is C32H29N3O4S. The molecule has 4 aromatic carbocycles. The largest absolute Gasteiger partial charge is 0.497 e. The van der Waals surface area contributed by atoms with E-state index >= 15 is 0 Å². The Labute approximate surface area is 237 Å². The maximum Gasteiger partial charge on any atom is 0.272 e. The first kappa shape index (κ1) is 28.2. The number of thioether (sulfide) groups is 1. The molecule has 0 heterocycles. The zero-order chi connectivity index (χ0) is 28.3. The lowest BCUT2D eigenvalue weighted by Gasteiger charge is -2.12. The number of aryl methyl sites for hydroxylation is 1. The number of benzene rings is 4. The van der Waals surface area contributed by atoms with E-state index in [1.165, 1.54) is 11.8 Å². The number of hydrogen-bond donors (Lipinski definition) is 3. The molecule has 0 aromatic heterocycles. The number of nitrogens with one attached hydrogen (secondary N) is 3. The zero-order valence-electron chi connectivity index (χ0n) is 22.1. The maximum atomic E-state index is 13.3. The number of ether oxygens (including phenoxy) is 1. The molecule has 4 aromatic rings. The molecule has 0 aliphatic rings. The average molecular weight is 552 g/mol. The maximum absolute atomic E-state index is 13.3. The summed E-state index contributed by atoms with van der Waals surface area (Å²) in [6.45, 7) is 1.97. The van der Waals surface area contributed by atoms with Gasteiger partial charge in [-0.15, -0.1) is 11.8 Å². The van der Waals surface area contributed by atoms with E-state index in [0.29, 0.717) is 22.6 Å². The summed E-state index contributed by atoms with van der Waals surface area (Å²) in [5, 5.41) is 8.48. The number of anilines is 2. The number of carbonyl (C=O) groups excluding carboxylic acids is 3. The average Bonchev–Trinajstić information content (AvgIpc) is 2.97. The van der Waals surface area contributed by atoms with Gasteiger partial charge >= 0.3 is 0 Å². The van der Waals surface area contributed by atoms with E-state index in [1.807, 2.05) is 43.3 Å². The Morgan fingerprint density at radius 2 is 1.50 bits per heavy atom. The van der Waals surface area contributed by atoms with Crippen LogP contribution in [0.25, 0.3) is 6.08 Å². The highest BCUT2D eigenvalue weighted by atomic mass is 32.2. The molecule has 0 fully saturated rings. The first-order valence-corrected chi connectivity index (χ1v) is 13.5. The van der Waals surface area contributed by atoms with Crippen molar-refractivity contribution < 1.29 is 19.1 Å². The van der Waals surface area contributed by atoms with E-state index in [4.69, 9.17) is 4.74 Å². The van der Waals surface area contributed by atoms with Crippen LogP contribution in [0.2, 0.25) is 0 Å². The summed E-state index contributed by atoms with van der Waals surface area (Å²) >= 11 is 1.36. The van der Waals surface area contributed by atoms with E-state index < -0.39 is 11.8 Å². The van der Waals surface area contributed by atoms with Gasteiger partial charge in [0, 0.05) is 21.8 Å². The van der Waals surface area contributed by atoms with Crippen molar-refractivity contribution in [3.05, 3.63) is 126 Å². The van der Waals surface area contributed by atoms with Crippen LogP contribution in [0.5, 0.6) is 5.75 Å². The van der Waals surface area contributed by atoms with Crippen molar-refractivity contribution in [1.82, 2.24) is 5.32 Å². The number of hydrogen-bond acceptors (Lipinski definition) is 5. The molecule has 0 unspecified atom stereocenters. The van der Waals surface area contributed by atoms with Crippen molar-refractivity contribution in [2.45, 2.75) is 11.8 Å². The van der Waals surface area contributed by atoms with Gasteiger partial charge in [0.25, 0.3) is 11.8 Å². The van der Waals surface area contributed by atoms with E-state index in [0.717, 1.165) is 16.1 Å². The third kappa shape index (κ3) is 8.34. The molecule has 3 amide bonds. The van der Waals surface area contributed by atoms with Crippen molar-refractivity contribution in [3.8, 4) is 5.75 Å². The number of carbonyl (C=O) groups is 3. The van der Waals surface area contributed by atoms with Crippen molar-refractivity contribution in [2.24, 2.45) is 0 Å². The fraction of sp³-hybridized carbons (Fsp3) is 0.0938. The molecule has 0 radical (unpaired) electrons. The molecule has 0 aliphatic carbocycles. The van der Waals surface area contributed by atoms with E-state index in [-0.39, 0.29) is 17.4 Å². The summed E-state index contributed by atoms with van der Waals surface area (Å²) in [6, 6.07) is 30.6. The predicted octanol–water partition coefficient (Wildman–Crippen LogP) is 6.14. The molecule has 0 spiro atoms. The van der Waals surface area contributed by atoms with Gasteiger partial charge in [0.2, 0.25) is 5.91 Å². The normalized spacial score (nSPS) is 10.9. The second kappa shape index (κ2) is 13.8. The molecule has 4 rings (SSSR count). The Morgan fingerprint density at radius 3 is 2.20 bits per heavy atom. The molecule has 40 heavy (non-hydrogen) atoms. The van der Waals surface area contributed by atoms with Crippen molar-refractivity contribution in [1.29, 1.82) is 0 Å². The number of amides is 3. The third-order valence-electron chi connectivity index (χ3n) is 5.72. The van der Waals surface area contributed by atoms with Gasteiger partial charge in [-0.05, 0) is 78.7 Å². The highest BCUT2D eigenvalue weighted by molar-refractivity contribution is 8.00. The second-order valence-corrected chi connectivity index (χ2v) is 9.89. The highest BCUT2D eigenvalue weighted by Crippen LogP contribution is 2.23. The van der Waals surface area contributed by atoms with Gasteiger partial charge in [0.05, 0.1) is 12.9 Å². The summed E-state index contributed by atoms with van der Waals surface area (Å²) in [5.74, 6) is -0.128. The quantitative estimate of drug-likeness (QED) is 0.162. The molecule has 8 heteroatoms. The molecular weight excluding hydrogens is 522 g/mol. The van der Waals surface area contributed by atoms with E-state index in [1.54, 1.807) is 79.9 Å². The lowest BCUT2D eigenvalue weighted by atomic mass is 10.1. The standard InChI is InChI=1S/C32H29N3O4S/c1-22-8-6-11-25(18-22)33-30(36)21-40-28-13-7-12-26(20-28)34-32(38)29(19-23-14-16-27(39-2)17-15-23)35-31(37)24-9-4-3-5-10-24/h3-20H,21H2,1-2H3,(H,33,36)(H,34,38)(H,35,37)/b29-19+. The van der Waals surface area contributed by atoms with Gasteiger partial charge in [-0.2, -0.15) is 0 Å². The zero-order valence-corrected chi connectivity index (χ0v) is 23.0. The monoisotopic (exact) mass is 551 g/mol. The van der Waals surface area contributed by atoms with Crippen LogP contribution in [-0.2, 0) is 9.59 Å². The molecule has 0 saturated carbocycles. The van der Waals surface area contributed by atoms with Crippen molar-refractivity contribution >= 4 is 46.9 Å². The second-order valence-electron chi connectivity index (χ2n) is 8.84. The summed E-state index contributed by atoms with van der Waals surface area (Å²) in [6.07, 6.45) is 1.60. The molecule has 0 saturated heterocycles. The summed E-state index contributed by atoms with van der Waals surface area (Å²) in [7, 11) is 1.58. The van der Waals surface area contributed by atoms with Gasteiger partial charge in [-0.25, -0.2) is 0 Å². The Bertz CT molecular complexity index is 1520. The van der Waals surface area contributed by atoms with Gasteiger partial charge in [-0.3, -0.25) is 14.4 Å². The fourth-order valence-corrected chi connectivity index (χ4v) is 4.50. The van der Waals surface area contributed by atoms with E-state index in [9.17, 15) is 14.4 Å². The lowest BCUT2D eigenvalue weighted by molar-refractivity contribution is -0.114. The first-order valence-electron chi connectivity index (χ1n) is 12.5.